The second-order valence-corrected chi connectivity index (χ2v) is 19.3. The zero-order valence-electron chi connectivity index (χ0n) is 37.8. The molecule has 0 aliphatic heterocycles. The molecule has 0 radical (unpaired) electrons. The molecule has 5 nitrogen and oxygen atoms in total. The molecule has 0 aliphatic rings. The van der Waals surface area contributed by atoms with Crippen LogP contribution in [0.2, 0.25) is 0 Å². The quantitative estimate of drug-likeness (QED) is 0.113. The fourth-order valence-corrected chi connectivity index (χ4v) is 13.9. The fourth-order valence-electron chi connectivity index (χ4n) is 9.39. The molecule has 0 N–H and O–H groups in total. The Labute approximate surface area is 370 Å². The van der Waals surface area contributed by atoms with E-state index in [1.807, 2.05) is 144 Å². The summed E-state index contributed by atoms with van der Waals surface area (Å²) in [6, 6.07) is 67.6. The molecule has 12 aromatic rings. The van der Waals surface area contributed by atoms with Gasteiger partial charge in [0.25, 0.3) is 0 Å². The minimum atomic E-state index is -3.58. The van der Waals surface area contributed by atoms with Crippen molar-refractivity contribution in [2.75, 3.05) is 0 Å². The van der Waals surface area contributed by atoms with Gasteiger partial charge >= 0.3 is 0 Å². The van der Waals surface area contributed by atoms with Crippen LogP contribution in [0.3, 0.4) is 0 Å². The van der Waals surface area contributed by atoms with Crippen LogP contribution >= 0.6 is 0 Å². The minimum absolute atomic E-state index is 0.0572. The number of rotatable bonds is 8. The molecule has 12 rings (SSSR count). The zero-order valence-corrected chi connectivity index (χ0v) is 34.8. The van der Waals surface area contributed by atoms with Crippen LogP contribution in [0.25, 0.3) is 83.6 Å². The summed E-state index contributed by atoms with van der Waals surface area (Å²) < 4.78 is 48.0. The van der Waals surface area contributed by atoms with Crippen LogP contribution in [-0.4, -0.2) is 27.6 Å². The standard InChI is InChI=1S/C57H38N4OSi/c1-4-21-40(22-5-1)63(41-23-6-2-7-24-41,42-25-8-3-9-26-42)43-27-18-20-39(38-43)55-58-56(60-57(59-55)61-50-34-15-12-29-45(50)46-30-13-16-35-51(46)61)48-31-11-10-28-44(48)47-33-19-37-53-54(47)49-32-14-17-36-52(49)62-53/h1-38H/i18D,20D,27D,38D. The molecule has 3 heterocycles. The van der Waals surface area contributed by atoms with Gasteiger partial charge in [0.15, 0.2) is 19.7 Å². The molecule has 0 atom stereocenters. The maximum Gasteiger partial charge on any atom is 0.238 e. The minimum Gasteiger partial charge on any atom is -0.456 e. The molecule has 9 aromatic carbocycles. The lowest BCUT2D eigenvalue weighted by molar-refractivity contribution is 0.669. The van der Waals surface area contributed by atoms with Crippen LogP contribution in [0.5, 0.6) is 0 Å². The van der Waals surface area contributed by atoms with Gasteiger partial charge < -0.3 is 4.42 Å². The van der Waals surface area contributed by atoms with Crippen molar-refractivity contribution >= 4 is 72.6 Å². The van der Waals surface area contributed by atoms with Gasteiger partial charge in [0.05, 0.1) is 16.5 Å². The van der Waals surface area contributed by atoms with Crippen molar-refractivity contribution in [3.05, 3.63) is 230 Å². The van der Waals surface area contributed by atoms with E-state index in [-0.39, 0.29) is 35.6 Å². The molecule has 63 heavy (non-hydrogen) atoms. The molecule has 0 spiro atoms. The third kappa shape index (κ3) is 5.95. The van der Waals surface area contributed by atoms with Crippen LogP contribution in [0.1, 0.15) is 5.48 Å². The second kappa shape index (κ2) is 15.1. The van der Waals surface area contributed by atoms with Gasteiger partial charge in [-0.25, -0.2) is 4.98 Å². The van der Waals surface area contributed by atoms with Gasteiger partial charge in [-0.05, 0) is 56.1 Å². The van der Waals surface area contributed by atoms with E-state index < -0.39 is 8.07 Å². The molecule has 0 amide bonds. The van der Waals surface area contributed by atoms with Crippen molar-refractivity contribution < 1.29 is 9.90 Å². The SMILES string of the molecule is [2H]c1c([2H])c(-c2nc(-c3ccccc3-c3cccc4oc5ccccc5c34)nc(-n3c4ccccc4c4ccccc43)n2)c([2H])c([Si](c2ccccc2)(c2ccccc2)c2ccccc2)c1[2H]. The number of hydrogen-bond acceptors (Lipinski definition) is 4. The van der Waals surface area contributed by atoms with Gasteiger partial charge in [-0.2, -0.15) is 9.97 Å². The Morgan fingerprint density at radius 3 is 1.57 bits per heavy atom. The van der Waals surface area contributed by atoms with E-state index in [1.165, 1.54) is 0 Å². The summed E-state index contributed by atoms with van der Waals surface area (Å²) in [6.07, 6.45) is 0. The number of nitrogens with zero attached hydrogens (tertiary/aromatic N) is 4. The van der Waals surface area contributed by atoms with Gasteiger partial charge in [-0.15, -0.1) is 0 Å². The second-order valence-electron chi connectivity index (χ2n) is 15.6. The Bertz CT molecular complexity index is 3730. The highest BCUT2D eigenvalue weighted by molar-refractivity contribution is 7.19. The molecule has 3 aromatic heterocycles. The molecule has 0 fully saturated rings. The lowest BCUT2D eigenvalue weighted by Gasteiger charge is -2.34. The molecule has 0 aliphatic carbocycles. The summed E-state index contributed by atoms with van der Waals surface area (Å²) in [5.74, 6) is 0.672. The lowest BCUT2D eigenvalue weighted by atomic mass is 9.95. The normalized spacial score (nSPS) is 12.7. The van der Waals surface area contributed by atoms with Gasteiger partial charge in [0.2, 0.25) is 5.95 Å². The first-order valence-corrected chi connectivity index (χ1v) is 23.0. The van der Waals surface area contributed by atoms with E-state index in [0.717, 1.165) is 70.4 Å². The van der Waals surface area contributed by atoms with Crippen LogP contribution in [0, 0.1) is 0 Å². The predicted octanol–water partition coefficient (Wildman–Crippen LogP) is 11.2. The number of furan rings is 1. The Kier molecular flexibility index (Phi) is 7.79. The molecule has 6 heteroatoms. The Morgan fingerprint density at radius 1 is 0.413 bits per heavy atom. The van der Waals surface area contributed by atoms with Crippen LogP contribution < -0.4 is 20.7 Å². The summed E-state index contributed by atoms with van der Waals surface area (Å²) in [6.45, 7) is 0. The van der Waals surface area contributed by atoms with Gasteiger partial charge in [-0.1, -0.05) is 206 Å². The van der Waals surface area contributed by atoms with Crippen molar-refractivity contribution in [3.63, 3.8) is 0 Å². The Morgan fingerprint density at radius 2 is 0.921 bits per heavy atom. The van der Waals surface area contributed by atoms with Crippen molar-refractivity contribution in [3.8, 4) is 39.9 Å². The first-order chi connectivity index (χ1) is 32.9. The van der Waals surface area contributed by atoms with Gasteiger partial charge in [0, 0.05) is 32.7 Å². The van der Waals surface area contributed by atoms with E-state index in [2.05, 4.69) is 66.7 Å². The Balaban J connectivity index is 1.20. The predicted molar refractivity (Wildman–Crippen MR) is 261 cm³/mol. The van der Waals surface area contributed by atoms with Crippen LogP contribution in [0.4, 0.5) is 0 Å². The van der Waals surface area contributed by atoms with Crippen molar-refractivity contribution in [1.29, 1.82) is 0 Å². The van der Waals surface area contributed by atoms with Crippen LogP contribution in [-0.2, 0) is 0 Å². The number of fused-ring (bicyclic) bond motifs is 6. The summed E-state index contributed by atoms with van der Waals surface area (Å²) in [5, 5.41) is 7.17. The number of para-hydroxylation sites is 3. The van der Waals surface area contributed by atoms with Crippen molar-refractivity contribution in [2.24, 2.45) is 0 Å². The summed E-state index contributed by atoms with van der Waals surface area (Å²) >= 11 is 0. The van der Waals surface area contributed by atoms with E-state index in [4.69, 9.17) is 19.4 Å². The average molecular weight is 827 g/mol. The summed E-state index contributed by atoms with van der Waals surface area (Å²) in [5.41, 5.74) is 5.83. The molecular formula is C57H38N4OSi. The monoisotopic (exact) mass is 826 g/mol. The van der Waals surface area contributed by atoms with Gasteiger partial charge in [-0.3, -0.25) is 4.57 Å². The zero-order chi connectivity index (χ0) is 45.2. The van der Waals surface area contributed by atoms with E-state index >= 15 is 0 Å². The molecule has 296 valence electrons. The summed E-state index contributed by atoms with van der Waals surface area (Å²) in [4.78, 5) is 15.8. The van der Waals surface area contributed by atoms with Crippen molar-refractivity contribution in [1.82, 2.24) is 19.5 Å². The molecular weight excluding hydrogens is 785 g/mol. The highest BCUT2D eigenvalue weighted by atomic mass is 28.3. The number of aromatic nitrogens is 4. The summed E-state index contributed by atoms with van der Waals surface area (Å²) in [7, 11) is -3.58. The highest BCUT2D eigenvalue weighted by Crippen LogP contribution is 2.40. The average Bonchev–Trinajstić information content (AvgIpc) is 3.94. The fraction of sp³-hybridized carbons (Fsp3) is 0. The molecule has 0 unspecified atom stereocenters. The molecule has 0 bridgehead atoms. The van der Waals surface area contributed by atoms with Gasteiger partial charge in [0.1, 0.15) is 11.2 Å². The largest absolute Gasteiger partial charge is 0.456 e. The number of benzene rings is 9. The van der Waals surface area contributed by atoms with E-state index in [1.54, 1.807) is 0 Å². The number of hydrogen-bond donors (Lipinski definition) is 0. The first-order valence-electron chi connectivity index (χ1n) is 23.0. The topological polar surface area (TPSA) is 56.7 Å². The smallest absolute Gasteiger partial charge is 0.238 e. The third-order valence-electron chi connectivity index (χ3n) is 12.1. The maximum absolute atomic E-state index is 10.5. The van der Waals surface area contributed by atoms with E-state index in [0.29, 0.717) is 22.5 Å². The first kappa shape index (κ1) is 32.6. The lowest BCUT2D eigenvalue weighted by Crippen LogP contribution is -2.74. The maximum atomic E-state index is 10.5. The Hall–Kier alpha value is -8.19. The van der Waals surface area contributed by atoms with E-state index in [9.17, 15) is 5.48 Å². The van der Waals surface area contributed by atoms with Crippen LogP contribution in [0.15, 0.2) is 235 Å². The molecule has 0 saturated carbocycles. The molecule has 0 saturated heterocycles. The van der Waals surface area contributed by atoms with Crippen molar-refractivity contribution in [2.45, 2.75) is 0 Å². The highest BCUT2D eigenvalue weighted by Gasteiger charge is 2.41. The third-order valence-corrected chi connectivity index (χ3v) is 16.7.